The first-order valence-corrected chi connectivity index (χ1v) is 46.4. The molecule has 6 aliphatic heterocycles. The highest BCUT2D eigenvalue weighted by atomic mass is 16.4. The number of carbonyl (C=O) groups excluding carboxylic acids is 8. The van der Waals surface area contributed by atoms with Crippen LogP contribution in [0.1, 0.15) is 152 Å². The number of nitrogens with zero attached hydrogens (tertiary/aromatic N) is 32. The summed E-state index contributed by atoms with van der Waals surface area (Å²) in [4.78, 5) is 218. The number of nitrogens with two attached hydrogens (primary N) is 9. The molecule has 6 saturated heterocycles. The maximum Gasteiger partial charge on any atom is 0.322 e. The van der Waals surface area contributed by atoms with Crippen LogP contribution in [0.2, 0.25) is 0 Å². The number of carbonyl (C=O) groups is 17. The van der Waals surface area contributed by atoms with Crippen LogP contribution in [0, 0.1) is 11.8 Å². The summed E-state index contributed by atoms with van der Waals surface area (Å²) in [7, 11) is 0. The highest BCUT2D eigenvalue weighted by molar-refractivity contribution is 5.87. The van der Waals surface area contributed by atoms with E-state index in [0.29, 0.717) is 156 Å². The second-order valence-electron chi connectivity index (χ2n) is 33.8. The number of hydrogen-bond acceptors (Lipinski definition) is 36. The summed E-state index contributed by atoms with van der Waals surface area (Å²) >= 11 is 0. The molecule has 1 aromatic rings. The number of carboxylic acid groups (broad SMARTS) is 9. The fourth-order valence-corrected chi connectivity index (χ4v) is 13.5. The summed E-state index contributed by atoms with van der Waals surface area (Å²) in [6.07, 6.45) is 8.96. The SMILES string of the molecule is [N-]=[N+]=NC1CCN(C(=O)CC[C@H](N)C(=O)O)C1.[N-]=[N+]=NC1CCN(C(=O)C[C@H](N)C(=O)O)C1.[N-]=[N+]=NC1CCN(C(=O)NC[C@H](N)C(=O)O)C1.[N-]=[N+]=NC1CNC(C(=O)NC[C@H](N)C(=O)O)C1.[N-]=[N+]=NCC1CCN(C(=O)CC[C@H](N)C(=O)O)C1.[N-]=[N+]=NCC1CCN(C(=O)C[C@H](N)C(=O)O)C1.[N-]=[N+]=NCCCC(=O)CCCCC[C@H](N)C(=O)O.[N-]=[N+]=NCCCC(=O)C[C@H](N)C(=O)O.[N-]=[N+]=NCc1ccc(C[C@H](N)C(=O)O)cc1. The van der Waals surface area contributed by atoms with Crippen molar-refractivity contribution in [1.29, 1.82) is 0 Å². The normalized spacial score (nSPS) is 18.2. The highest BCUT2D eigenvalue weighted by Gasteiger charge is 2.34. The monoisotopic (exact) mass is 2130 g/mol. The number of amides is 7. The van der Waals surface area contributed by atoms with E-state index in [2.05, 4.69) is 106 Å². The predicted octanol–water partition coefficient (Wildman–Crippen LogP) is 2.03. The van der Waals surface area contributed by atoms with Gasteiger partial charge < -0.3 is 138 Å². The van der Waals surface area contributed by atoms with Crippen LogP contribution in [0.15, 0.2) is 70.3 Å². The Morgan fingerprint density at radius 2 is 0.680 bits per heavy atom. The largest absolute Gasteiger partial charge is 0.480 e. The zero-order valence-corrected chi connectivity index (χ0v) is 82.0. The summed E-state index contributed by atoms with van der Waals surface area (Å²) in [5, 5.41) is 116. The lowest BCUT2D eigenvalue weighted by Crippen LogP contribution is -2.47. The Hall–Kier alpha value is -16.2. The third-order valence-corrected chi connectivity index (χ3v) is 22.1. The van der Waals surface area contributed by atoms with Crippen molar-refractivity contribution in [2.24, 2.45) is 109 Å². The fourth-order valence-electron chi connectivity index (χ4n) is 13.5. The molecule has 6 aliphatic rings. The molecular formula is C80H132N44O26. The van der Waals surface area contributed by atoms with Crippen LogP contribution in [0.3, 0.4) is 0 Å². The van der Waals surface area contributed by atoms with Gasteiger partial charge in [0.2, 0.25) is 29.5 Å². The first-order valence-electron chi connectivity index (χ1n) is 46.4. The van der Waals surface area contributed by atoms with Gasteiger partial charge in [-0.25, -0.2) is 4.79 Å². The van der Waals surface area contributed by atoms with Crippen LogP contribution in [0.4, 0.5) is 4.79 Å². The quantitative estimate of drug-likeness (QED) is 0.0192. The van der Waals surface area contributed by atoms with E-state index in [9.17, 15) is 81.5 Å². The van der Waals surface area contributed by atoms with Crippen molar-refractivity contribution in [3.63, 3.8) is 0 Å². The van der Waals surface area contributed by atoms with Gasteiger partial charge in [0, 0.05) is 194 Å². The average molecular weight is 2130 g/mol. The van der Waals surface area contributed by atoms with Gasteiger partial charge in [-0.1, -0.05) is 83.1 Å². The molecule has 0 spiro atoms. The topological polar surface area (TPSA) is 1200 Å². The molecule has 150 heavy (non-hydrogen) atoms. The molecule has 828 valence electrons. The molecule has 7 unspecified atom stereocenters. The van der Waals surface area contributed by atoms with Crippen LogP contribution in [-0.2, 0) is 89.7 Å². The molecule has 7 amide bonds. The van der Waals surface area contributed by atoms with Crippen molar-refractivity contribution in [2.45, 2.75) is 239 Å². The van der Waals surface area contributed by atoms with Gasteiger partial charge in [-0.3, -0.25) is 76.7 Å². The number of nitrogens with one attached hydrogen (secondary N) is 3. The maximum absolute atomic E-state index is 11.8. The molecule has 30 N–H and O–H groups in total. The van der Waals surface area contributed by atoms with Gasteiger partial charge in [-0.2, -0.15) is 0 Å². The Labute approximate surface area is 854 Å². The van der Waals surface area contributed by atoms with E-state index < -0.39 is 120 Å². The minimum Gasteiger partial charge on any atom is -0.480 e. The van der Waals surface area contributed by atoms with Crippen LogP contribution in [-0.4, -0.2) is 367 Å². The Balaban J connectivity index is 0. The Kier molecular flexibility index (Phi) is 72.5. The number of benzene rings is 1. The van der Waals surface area contributed by atoms with Gasteiger partial charge in [0.25, 0.3) is 0 Å². The standard InChI is InChI=1S/C11H20N4O3.C10H17N5O3.C10H12N4O2.2C9H15N5O3.2C8H14N6O3.C8H13N5O3.C7H12N4O3/c12-10(11(17)18)7-3-1-2-5-9(16)6-4-8-14-15-13;11-8(10(17)18)1-2-9(16)15-4-3-7(6-15)5-13-14-12;11-9(10(15)16)5-7-1-3-8(4-2-7)6-13-14-12;10-7(9(16)17)3-8(15)14-2-1-6(5-14)4-12-13-11;10-7(9(16)17)1-2-8(15)14-4-3-6(5-14)12-13-11;9-5(8(16)17)3-12-7(15)6-1-4(2-11-6)13-14-10;9-6(7(15)16)3-11-8(17)14-2-1-5(4-14)12-13-10;9-6(8(15)16)3-7(14)13-2-1-5(4-13)11-12-10;8-6(7(13)14)4-5(12)2-1-3-10-11-9/h10H,1-8,12H2,(H,17,18);7-8H,1-6,11H2,(H,17,18);1-4,9H,5-6,11H2,(H,15,16);2*6-7H,1-5,10H2,(H,16,17);4-6,11H,1-3,9H2,(H,12,15)(H,16,17);5-6H,1-4,9H2,(H,11,17)(H,15,16);5-6H,1-4,9H2,(H,15,16);6H,1-4,8H2,(H,13,14)/t10-;7?,8-;9-;2*6?,7-;4?,5-,6?;2*5?,6-;6-/m000000000/s1. The number of rotatable bonds is 52. The number of urea groups is 1. The molecule has 0 saturated carbocycles. The zero-order chi connectivity index (χ0) is 114. The van der Waals surface area contributed by atoms with Crippen molar-refractivity contribution in [3.05, 3.63) is 129 Å². The molecule has 70 nitrogen and oxygen atoms in total. The summed E-state index contributed by atoms with van der Waals surface area (Å²) in [5.74, 6) is -10.9. The maximum atomic E-state index is 11.8. The lowest BCUT2D eigenvalue weighted by atomic mass is 10.0. The second-order valence-corrected chi connectivity index (χ2v) is 33.8. The van der Waals surface area contributed by atoms with Crippen LogP contribution in [0.25, 0.3) is 94.0 Å². The Morgan fingerprint density at radius 1 is 0.340 bits per heavy atom. The van der Waals surface area contributed by atoms with E-state index in [0.717, 1.165) is 43.2 Å². The Bertz CT molecular complexity index is 4850. The number of carboxylic acids is 9. The van der Waals surface area contributed by atoms with Crippen molar-refractivity contribution in [1.82, 2.24) is 40.4 Å². The molecule has 0 bridgehead atoms. The van der Waals surface area contributed by atoms with Gasteiger partial charge in [0.1, 0.15) is 65.9 Å². The summed E-state index contributed by atoms with van der Waals surface area (Å²) in [6.45, 7) is 6.72. The van der Waals surface area contributed by atoms with Crippen molar-refractivity contribution >= 4 is 101 Å². The fraction of sp³-hybridized carbons (Fsp3) is 0.713. The van der Waals surface area contributed by atoms with E-state index in [1.807, 2.05) is 0 Å². The van der Waals surface area contributed by atoms with Crippen molar-refractivity contribution in [2.75, 3.05) is 111 Å². The van der Waals surface area contributed by atoms with Crippen molar-refractivity contribution in [3.8, 4) is 0 Å². The third kappa shape index (κ3) is 63.9. The lowest BCUT2D eigenvalue weighted by Gasteiger charge is -2.17. The number of ketones is 2. The molecule has 6 heterocycles. The molecule has 70 heteroatoms. The molecular weight excluding hydrogens is 1990 g/mol. The first-order chi connectivity index (χ1) is 71.0. The Morgan fingerprint density at radius 3 is 1.09 bits per heavy atom. The summed E-state index contributed by atoms with van der Waals surface area (Å²) < 4.78 is 0. The van der Waals surface area contributed by atoms with E-state index in [1.165, 1.54) is 9.80 Å². The molecule has 6 fully saturated rings. The highest BCUT2D eigenvalue weighted by Crippen LogP contribution is 2.22. The molecule has 0 aromatic heterocycles. The van der Waals surface area contributed by atoms with Crippen molar-refractivity contribution < 1.29 is 127 Å². The lowest BCUT2D eigenvalue weighted by molar-refractivity contribution is -0.142. The molecule has 16 atom stereocenters. The number of likely N-dealkylation sites (tertiary alicyclic amines) is 5. The molecule has 0 aliphatic carbocycles. The van der Waals surface area contributed by atoms with Crippen LogP contribution in [0.5, 0.6) is 0 Å². The van der Waals surface area contributed by atoms with E-state index in [4.69, 9.17) is 147 Å². The van der Waals surface area contributed by atoms with E-state index >= 15 is 0 Å². The number of hydrogen-bond donors (Lipinski definition) is 21. The average Bonchev–Trinajstić information content (AvgIpc) is 1.49. The first kappa shape index (κ1) is 136. The third-order valence-electron chi connectivity index (χ3n) is 22.1. The predicted molar refractivity (Wildman–Crippen MR) is 526 cm³/mol. The number of azide groups is 9. The number of Topliss-reactive ketones (excluding diaryl/α,β-unsaturated/α-hetero) is 2. The molecule has 0 radical (unpaired) electrons. The van der Waals surface area contributed by atoms with Crippen LogP contribution < -0.4 is 67.6 Å². The summed E-state index contributed by atoms with van der Waals surface area (Å²) in [6, 6.07) is -3.93. The zero-order valence-electron chi connectivity index (χ0n) is 82.0. The minimum atomic E-state index is -1.20. The van der Waals surface area contributed by atoms with E-state index in [-0.39, 0.29) is 155 Å². The number of unbranched alkanes of at least 4 members (excludes halogenated alkanes) is 2. The number of aliphatic carboxylic acids is 9. The van der Waals surface area contributed by atoms with Crippen LogP contribution >= 0.6 is 0 Å². The summed E-state index contributed by atoms with van der Waals surface area (Å²) in [5.41, 5.74) is 123. The van der Waals surface area contributed by atoms with Gasteiger partial charge in [0.05, 0.1) is 49.6 Å². The molecule has 7 rings (SSSR count). The smallest absolute Gasteiger partial charge is 0.322 e. The minimum absolute atomic E-state index is 0.0878. The van der Waals surface area contributed by atoms with E-state index in [1.54, 1.807) is 39.0 Å². The van der Waals surface area contributed by atoms with Gasteiger partial charge in [-0.15, -0.1) is 0 Å². The van der Waals surface area contributed by atoms with Gasteiger partial charge >= 0.3 is 59.8 Å². The van der Waals surface area contributed by atoms with Gasteiger partial charge in [-0.05, 0) is 156 Å². The van der Waals surface area contributed by atoms with Gasteiger partial charge in [0.15, 0.2) is 0 Å². The molecule has 1 aromatic carbocycles. The second kappa shape index (κ2) is 80.0.